The van der Waals surface area contributed by atoms with Crippen LogP contribution in [0.3, 0.4) is 0 Å². The highest BCUT2D eigenvalue weighted by Crippen LogP contribution is 2.24. The van der Waals surface area contributed by atoms with Crippen LogP contribution in [0, 0.1) is 6.92 Å². The lowest BCUT2D eigenvalue weighted by molar-refractivity contribution is -0.661. The molecule has 0 bridgehead atoms. The van der Waals surface area contributed by atoms with Crippen LogP contribution in [0.1, 0.15) is 30.9 Å². The zero-order chi connectivity index (χ0) is 15.0. The molecular formula is C18H20N3+. The Kier molecular flexibility index (Phi) is 3.42. The van der Waals surface area contributed by atoms with E-state index >= 15 is 0 Å². The van der Waals surface area contributed by atoms with Gasteiger partial charge in [-0.05, 0) is 41.1 Å². The first-order valence-electron chi connectivity index (χ1n) is 7.29. The molecule has 2 aromatic heterocycles. The van der Waals surface area contributed by atoms with Crippen molar-refractivity contribution >= 4 is 11.0 Å². The van der Waals surface area contributed by atoms with Crippen LogP contribution < -0.4 is 4.57 Å². The van der Waals surface area contributed by atoms with Crippen LogP contribution >= 0.6 is 0 Å². The second kappa shape index (κ2) is 5.24. The van der Waals surface area contributed by atoms with Crippen molar-refractivity contribution in [2.24, 2.45) is 7.05 Å². The minimum Gasteiger partial charge on any atom is -0.232 e. The van der Waals surface area contributed by atoms with Gasteiger partial charge in [-0.25, -0.2) is 9.55 Å². The molecule has 0 atom stereocenters. The van der Waals surface area contributed by atoms with E-state index in [9.17, 15) is 0 Å². The van der Waals surface area contributed by atoms with Gasteiger partial charge in [-0.1, -0.05) is 32.0 Å². The predicted molar refractivity (Wildman–Crippen MR) is 85.0 cm³/mol. The Morgan fingerprint density at radius 3 is 2.57 bits per heavy atom. The van der Waals surface area contributed by atoms with Gasteiger partial charge in [0.1, 0.15) is 6.20 Å². The van der Waals surface area contributed by atoms with Crippen LogP contribution in [-0.2, 0) is 7.05 Å². The average molecular weight is 278 g/mol. The van der Waals surface area contributed by atoms with Crippen molar-refractivity contribution in [3.05, 3.63) is 53.9 Å². The van der Waals surface area contributed by atoms with Gasteiger partial charge in [-0.2, -0.15) is 0 Å². The van der Waals surface area contributed by atoms with E-state index in [2.05, 4.69) is 60.8 Å². The Balaban J connectivity index is 2.28. The summed E-state index contributed by atoms with van der Waals surface area (Å²) in [7, 11) is 2.05. The Labute approximate surface area is 125 Å². The molecule has 106 valence electrons. The molecule has 0 radical (unpaired) electrons. The standard InChI is InChI=1S/C18H20N3/c1-12(2)14-9-10-19-17-16(14)11-21(4)18(20-17)15-8-6-5-7-13(15)3/h5-12H,1-4H3/q+1. The number of aryl methyl sites for hydroxylation is 2. The van der Waals surface area contributed by atoms with Gasteiger partial charge < -0.3 is 0 Å². The quantitative estimate of drug-likeness (QED) is 0.671. The van der Waals surface area contributed by atoms with Gasteiger partial charge in [0.2, 0.25) is 0 Å². The number of nitrogens with zero attached hydrogens (tertiary/aromatic N) is 3. The molecule has 0 spiro atoms. The Bertz CT molecular complexity index is 807. The fourth-order valence-corrected chi connectivity index (χ4v) is 2.71. The van der Waals surface area contributed by atoms with Crippen molar-refractivity contribution < 1.29 is 4.57 Å². The fourth-order valence-electron chi connectivity index (χ4n) is 2.71. The minimum absolute atomic E-state index is 0.460. The van der Waals surface area contributed by atoms with Gasteiger partial charge in [0, 0.05) is 6.20 Å². The smallest absolute Gasteiger partial charge is 0.232 e. The zero-order valence-corrected chi connectivity index (χ0v) is 13.0. The summed E-state index contributed by atoms with van der Waals surface area (Å²) < 4.78 is 2.10. The highest BCUT2D eigenvalue weighted by atomic mass is 15.0. The molecule has 1 aromatic carbocycles. The topological polar surface area (TPSA) is 29.7 Å². The van der Waals surface area contributed by atoms with E-state index in [0.717, 1.165) is 22.4 Å². The molecule has 21 heavy (non-hydrogen) atoms. The third-order valence-corrected chi connectivity index (χ3v) is 3.88. The first-order chi connectivity index (χ1) is 10.1. The van der Waals surface area contributed by atoms with Gasteiger partial charge in [-0.3, -0.25) is 0 Å². The number of pyridine rings is 1. The molecule has 0 saturated heterocycles. The Morgan fingerprint density at radius 1 is 1.10 bits per heavy atom. The van der Waals surface area contributed by atoms with Crippen molar-refractivity contribution in [2.75, 3.05) is 0 Å². The van der Waals surface area contributed by atoms with E-state index in [4.69, 9.17) is 4.98 Å². The molecular weight excluding hydrogens is 258 g/mol. The first-order valence-corrected chi connectivity index (χ1v) is 7.29. The van der Waals surface area contributed by atoms with Crippen LogP contribution in [0.25, 0.3) is 22.4 Å². The third-order valence-electron chi connectivity index (χ3n) is 3.88. The summed E-state index contributed by atoms with van der Waals surface area (Å²) >= 11 is 0. The van der Waals surface area contributed by atoms with Gasteiger partial charge >= 0.3 is 5.82 Å². The summed E-state index contributed by atoms with van der Waals surface area (Å²) in [5, 5.41) is 1.13. The molecule has 3 nitrogen and oxygen atoms in total. The SMILES string of the molecule is Cc1ccccc1-c1nc2nccc(C(C)C)c2c[n+]1C. The van der Waals surface area contributed by atoms with Crippen LogP contribution in [-0.4, -0.2) is 9.97 Å². The number of fused-ring (bicyclic) bond motifs is 1. The summed E-state index contributed by atoms with van der Waals surface area (Å²) in [6.07, 6.45) is 4.00. The lowest BCUT2D eigenvalue weighted by Gasteiger charge is -2.08. The highest BCUT2D eigenvalue weighted by molar-refractivity contribution is 5.78. The Hall–Kier alpha value is -2.29. The van der Waals surface area contributed by atoms with Crippen molar-refractivity contribution in [1.29, 1.82) is 0 Å². The predicted octanol–water partition coefficient (Wildman–Crippen LogP) is 3.55. The van der Waals surface area contributed by atoms with Crippen LogP contribution in [0.2, 0.25) is 0 Å². The average Bonchev–Trinajstić information content (AvgIpc) is 2.46. The van der Waals surface area contributed by atoms with E-state index in [0.29, 0.717) is 5.92 Å². The molecule has 0 saturated carbocycles. The van der Waals surface area contributed by atoms with E-state index in [-0.39, 0.29) is 0 Å². The molecule has 0 unspecified atom stereocenters. The monoisotopic (exact) mass is 278 g/mol. The number of hydrogen-bond acceptors (Lipinski definition) is 2. The molecule has 0 aliphatic rings. The summed E-state index contributed by atoms with van der Waals surface area (Å²) in [5.74, 6) is 1.41. The molecule has 2 heterocycles. The van der Waals surface area contributed by atoms with Gasteiger partial charge in [-0.15, -0.1) is 0 Å². The molecule has 0 amide bonds. The molecule has 3 rings (SSSR count). The number of benzene rings is 1. The second-order valence-corrected chi connectivity index (χ2v) is 5.78. The number of hydrogen-bond donors (Lipinski definition) is 0. The van der Waals surface area contributed by atoms with E-state index in [1.807, 2.05) is 19.3 Å². The van der Waals surface area contributed by atoms with E-state index in [1.165, 1.54) is 11.1 Å². The molecule has 0 aliphatic heterocycles. The Morgan fingerprint density at radius 2 is 1.86 bits per heavy atom. The normalized spacial score (nSPS) is 11.3. The lowest BCUT2D eigenvalue weighted by Crippen LogP contribution is -2.32. The van der Waals surface area contributed by atoms with Crippen molar-refractivity contribution in [2.45, 2.75) is 26.7 Å². The highest BCUT2D eigenvalue weighted by Gasteiger charge is 2.19. The molecule has 3 aromatic rings. The maximum absolute atomic E-state index is 4.80. The fraction of sp³-hybridized carbons (Fsp3) is 0.278. The van der Waals surface area contributed by atoms with E-state index < -0.39 is 0 Å². The zero-order valence-electron chi connectivity index (χ0n) is 13.0. The molecule has 3 heteroatoms. The van der Waals surface area contributed by atoms with E-state index in [1.54, 1.807) is 0 Å². The summed E-state index contributed by atoms with van der Waals surface area (Å²) in [5.41, 5.74) is 4.48. The third kappa shape index (κ3) is 2.40. The summed E-state index contributed by atoms with van der Waals surface area (Å²) in [6, 6.07) is 10.4. The summed E-state index contributed by atoms with van der Waals surface area (Å²) in [6.45, 7) is 6.51. The van der Waals surface area contributed by atoms with Gasteiger partial charge in [0.15, 0.2) is 0 Å². The van der Waals surface area contributed by atoms with Crippen LogP contribution in [0.4, 0.5) is 0 Å². The van der Waals surface area contributed by atoms with Gasteiger partial charge in [0.05, 0.1) is 18.0 Å². The van der Waals surface area contributed by atoms with Crippen molar-refractivity contribution in [3.63, 3.8) is 0 Å². The molecule has 0 N–H and O–H groups in total. The maximum Gasteiger partial charge on any atom is 0.333 e. The van der Waals surface area contributed by atoms with Crippen molar-refractivity contribution in [1.82, 2.24) is 9.97 Å². The van der Waals surface area contributed by atoms with Crippen LogP contribution in [0.5, 0.6) is 0 Å². The second-order valence-electron chi connectivity index (χ2n) is 5.78. The minimum atomic E-state index is 0.460. The number of rotatable bonds is 2. The first kappa shape index (κ1) is 13.7. The van der Waals surface area contributed by atoms with Gasteiger partial charge in [0.25, 0.3) is 5.65 Å². The molecule has 0 fully saturated rings. The molecule has 0 aliphatic carbocycles. The summed E-state index contributed by atoms with van der Waals surface area (Å²) in [4.78, 5) is 9.26. The van der Waals surface area contributed by atoms with Crippen molar-refractivity contribution in [3.8, 4) is 11.4 Å². The van der Waals surface area contributed by atoms with Crippen LogP contribution in [0.15, 0.2) is 42.7 Å². The largest absolute Gasteiger partial charge is 0.333 e. The number of aromatic nitrogens is 3. The lowest BCUT2D eigenvalue weighted by atomic mass is 10.0. The maximum atomic E-state index is 4.80.